The number of hydrogen-bond donors (Lipinski definition) is 3. The Morgan fingerprint density at radius 2 is 1.00 bits per heavy atom. The molecule has 0 fully saturated rings. The molecule has 0 saturated heterocycles. The van der Waals surface area contributed by atoms with E-state index in [0.29, 0.717) is 0 Å². The van der Waals surface area contributed by atoms with Crippen molar-refractivity contribution >= 4 is 5.97 Å². The van der Waals surface area contributed by atoms with Gasteiger partial charge in [-0.25, -0.2) is 0 Å². The molecule has 0 aromatic rings. The third-order valence-corrected chi connectivity index (χ3v) is 4.41. The van der Waals surface area contributed by atoms with Crippen molar-refractivity contribution < 1.29 is 54.8 Å². The van der Waals surface area contributed by atoms with Crippen molar-refractivity contribution in [1.82, 2.24) is 0 Å². The maximum Gasteiger partial charge on any atom is 1.00 e. The fourth-order valence-electron chi connectivity index (χ4n) is 2.70. The molecule has 6 heteroatoms. The molecule has 0 radical (unpaired) electrons. The van der Waals surface area contributed by atoms with Crippen LogP contribution in [0.1, 0.15) is 110 Å². The quantitative estimate of drug-likeness (QED) is 0.228. The van der Waals surface area contributed by atoms with Crippen LogP contribution >= 0.6 is 0 Å². The molecule has 0 aliphatic rings. The smallest absolute Gasteiger partial charge is 0.550 e. The standard InChI is InChI=1S/C18H36O2.C3H8O3.Na/c1-2-3-4-5-6-7-8-9-10-11-12-13-14-15-16-17-18(19)20;4-1-3(6)2-5;/h2-17H2,1H3,(H,19,20);3-6H,1-2H2;/q;;+1/p-1. The fourth-order valence-corrected chi connectivity index (χ4v) is 2.70. The van der Waals surface area contributed by atoms with Crippen molar-refractivity contribution in [1.29, 1.82) is 0 Å². The third kappa shape index (κ3) is 34.3. The van der Waals surface area contributed by atoms with Gasteiger partial charge in [0, 0.05) is 5.97 Å². The Labute approximate surface area is 189 Å². The summed E-state index contributed by atoms with van der Waals surface area (Å²) >= 11 is 0. The van der Waals surface area contributed by atoms with Crippen molar-refractivity contribution in [3.05, 3.63) is 0 Å². The Morgan fingerprint density at radius 1 is 0.704 bits per heavy atom. The van der Waals surface area contributed by atoms with E-state index in [1.165, 1.54) is 83.5 Å². The minimum Gasteiger partial charge on any atom is -0.550 e. The number of rotatable bonds is 18. The van der Waals surface area contributed by atoms with Crippen LogP contribution in [-0.4, -0.2) is 40.6 Å². The number of hydrogen-bond acceptors (Lipinski definition) is 5. The normalized spacial score (nSPS) is 10.3. The zero-order valence-corrected chi connectivity index (χ0v) is 20.0. The Bertz CT molecular complexity index is 273. The summed E-state index contributed by atoms with van der Waals surface area (Å²) in [7, 11) is 0. The molecule has 0 bridgehead atoms. The third-order valence-electron chi connectivity index (χ3n) is 4.41. The number of unbranched alkanes of at least 4 members (excludes halogenated alkanes) is 14. The van der Waals surface area contributed by atoms with E-state index in [4.69, 9.17) is 15.3 Å². The van der Waals surface area contributed by atoms with Gasteiger partial charge >= 0.3 is 29.6 Å². The number of aliphatic hydroxyl groups is 3. The average Bonchev–Trinajstić information content (AvgIpc) is 2.64. The predicted molar refractivity (Wildman–Crippen MR) is 105 cm³/mol. The van der Waals surface area contributed by atoms with E-state index < -0.39 is 12.1 Å². The fraction of sp³-hybridized carbons (Fsp3) is 0.952. The first-order chi connectivity index (χ1) is 12.6. The molecule has 0 rings (SSSR count). The molecule has 0 unspecified atom stereocenters. The van der Waals surface area contributed by atoms with E-state index in [0.717, 1.165) is 12.8 Å². The van der Waals surface area contributed by atoms with Gasteiger partial charge in [0.1, 0.15) is 6.10 Å². The minimum atomic E-state index is -0.954. The number of aliphatic hydroxyl groups excluding tert-OH is 3. The molecule has 3 N–H and O–H groups in total. The molecule has 0 saturated carbocycles. The molecule has 0 heterocycles. The Kier molecular flexibility index (Phi) is 33.9. The summed E-state index contributed by atoms with van der Waals surface area (Å²) in [6, 6.07) is 0. The molecule has 0 aliphatic carbocycles. The summed E-state index contributed by atoms with van der Waals surface area (Å²) in [4.78, 5) is 10.2. The summed E-state index contributed by atoms with van der Waals surface area (Å²) in [5, 5.41) is 34.2. The molecule has 5 nitrogen and oxygen atoms in total. The van der Waals surface area contributed by atoms with Crippen LogP contribution in [0.4, 0.5) is 0 Å². The molecule has 0 amide bonds. The molecular weight excluding hydrogens is 355 g/mol. The molecule has 158 valence electrons. The van der Waals surface area contributed by atoms with E-state index in [1.807, 2.05) is 0 Å². The summed E-state index contributed by atoms with van der Waals surface area (Å²) in [6.45, 7) is 1.54. The van der Waals surface area contributed by atoms with Crippen molar-refractivity contribution in [2.24, 2.45) is 0 Å². The maximum atomic E-state index is 10.2. The summed E-state index contributed by atoms with van der Waals surface area (Å²) in [6.07, 6.45) is 18.9. The van der Waals surface area contributed by atoms with Crippen LogP contribution in [0.5, 0.6) is 0 Å². The molecule has 0 aliphatic heterocycles. The van der Waals surface area contributed by atoms with Gasteiger partial charge in [0.05, 0.1) is 13.2 Å². The molecule has 0 aromatic heterocycles. The van der Waals surface area contributed by atoms with Crippen LogP contribution < -0.4 is 34.7 Å². The van der Waals surface area contributed by atoms with E-state index in [2.05, 4.69) is 6.92 Å². The SMILES string of the molecule is CCCCCCCCCCCCCCCCCC(=O)[O-].OCC(O)CO.[Na+]. The average molecular weight is 399 g/mol. The number of carbonyl (C=O) groups is 1. The van der Waals surface area contributed by atoms with Gasteiger partial charge in [-0.2, -0.15) is 0 Å². The van der Waals surface area contributed by atoms with Crippen molar-refractivity contribution in [2.45, 2.75) is 116 Å². The largest absolute Gasteiger partial charge is 1.00 e. The van der Waals surface area contributed by atoms with Crippen LogP contribution in [0.2, 0.25) is 0 Å². The predicted octanol–water partition coefficient (Wildman–Crippen LogP) is 0.334. The Balaban J connectivity index is -0.000000709. The topological polar surface area (TPSA) is 101 Å². The van der Waals surface area contributed by atoms with Gasteiger partial charge in [-0.15, -0.1) is 0 Å². The number of carboxylic acids is 1. The second-order valence-electron chi connectivity index (χ2n) is 7.09. The Morgan fingerprint density at radius 3 is 1.22 bits per heavy atom. The van der Waals surface area contributed by atoms with Crippen molar-refractivity contribution in [3.63, 3.8) is 0 Å². The van der Waals surface area contributed by atoms with E-state index in [-0.39, 0.29) is 49.2 Å². The monoisotopic (exact) mass is 398 g/mol. The Hall–Kier alpha value is 0.350. The zero-order valence-electron chi connectivity index (χ0n) is 18.0. The molecule has 27 heavy (non-hydrogen) atoms. The van der Waals surface area contributed by atoms with Crippen LogP contribution in [-0.2, 0) is 4.79 Å². The second kappa shape index (κ2) is 28.6. The zero-order chi connectivity index (χ0) is 19.9. The van der Waals surface area contributed by atoms with Crippen LogP contribution in [0, 0.1) is 0 Å². The first-order valence-electron chi connectivity index (χ1n) is 10.7. The minimum absolute atomic E-state index is 0. The van der Waals surface area contributed by atoms with Gasteiger partial charge in [0.25, 0.3) is 0 Å². The van der Waals surface area contributed by atoms with Gasteiger partial charge in [0.2, 0.25) is 0 Å². The number of carbonyl (C=O) groups excluding carboxylic acids is 1. The van der Waals surface area contributed by atoms with E-state index >= 15 is 0 Å². The van der Waals surface area contributed by atoms with E-state index in [1.54, 1.807) is 0 Å². The first kappa shape index (κ1) is 32.0. The molecular formula is C21H43NaO5. The first-order valence-corrected chi connectivity index (χ1v) is 10.7. The van der Waals surface area contributed by atoms with E-state index in [9.17, 15) is 9.90 Å². The van der Waals surface area contributed by atoms with Gasteiger partial charge in [-0.1, -0.05) is 96.8 Å². The number of aliphatic carboxylic acids is 1. The molecule has 0 atom stereocenters. The van der Waals surface area contributed by atoms with Gasteiger partial charge in [-0.05, 0) is 12.8 Å². The maximum absolute atomic E-state index is 10.2. The van der Waals surface area contributed by atoms with Gasteiger partial charge < -0.3 is 25.2 Å². The van der Waals surface area contributed by atoms with Crippen molar-refractivity contribution in [3.8, 4) is 0 Å². The summed E-state index contributed by atoms with van der Waals surface area (Å²) < 4.78 is 0. The second-order valence-corrected chi connectivity index (χ2v) is 7.09. The van der Waals surface area contributed by atoms with Gasteiger partial charge in [0.15, 0.2) is 0 Å². The summed E-state index contributed by atoms with van der Waals surface area (Å²) in [5.41, 5.74) is 0. The van der Waals surface area contributed by atoms with Crippen LogP contribution in [0.15, 0.2) is 0 Å². The van der Waals surface area contributed by atoms with Crippen LogP contribution in [0.25, 0.3) is 0 Å². The van der Waals surface area contributed by atoms with Crippen molar-refractivity contribution in [2.75, 3.05) is 13.2 Å². The number of carboxylic acid groups (broad SMARTS) is 1. The van der Waals surface area contributed by atoms with Crippen LogP contribution in [0.3, 0.4) is 0 Å². The summed E-state index contributed by atoms with van der Waals surface area (Å²) in [5.74, 6) is -0.903. The van der Waals surface area contributed by atoms with Gasteiger partial charge in [-0.3, -0.25) is 0 Å². The molecule has 0 spiro atoms. The molecule has 0 aromatic carbocycles.